The van der Waals surface area contributed by atoms with E-state index in [4.69, 9.17) is 0 Å². The van der Waals surface area contributed by atoms with Crippen molar-refractivity contribution >= 4 is 28.5 Å². The number of nitrogens with zero attached hydrogens (tertiary/aromatic N) is 2. The highest BCUT2D eigenvalue weighted by Gasteiger charge is 2.09. The molecule has 0 amide bonds. The summed E-state index contributed by atoms with van der Waals surface area (Å²) in [6.45, 7) is 3.59. The largest absolute Gasteiger partial charge is 0.294 e. The first kappa shape index (κ1) is 16.1. The van der Waals surface area contributed by atoms with Gasteiger partial charge in [0.15, 0.2) is 5.78 Å². The number of rotatable bonds is 5. The fourth-order valence-electron chi connectivity index (χ4n) is 2.40. The van der Waals surface area contributed by atoms with Crippen LogP contribution in [0.3, 0.4) is 0 Å². The van der Waals surface area contributed by atoms with Crippen LogP contribution in [0, 0.1) is 6.92 Å². The molecular weight excluding hydrogens is 318 g/mol. The van der Waals surface area contributed by atoms with Crippen LogP contribution in [0.4, 0.5) is 5.13 Å². The number of hydrogen-bond donors (Lipinski definition) is 1. The lowest BCUT2D eigenvalue weighted by atomic mass is 10.1. The van der Waals surface area contributed by atoms with E-state index < -0.39 is 0 Å². The molecule has 0 aliphatic rings. The van der Waals surface area contributed by atoms with Gasteiger partial charge in [-0.1, -0.05) is 54.6 Å². The van der Waals surface area contributed by atoms with Gasteiger partial charge < -0.3 is 0 Å². The van der Waals surface area contributed by atoms with E-state index in [9.17, 15) is 4.79 Å². The average molecular weight is 335 g/mol. The van der Waals surface area contributed by atoms with Crippen molar-refractivity contribution < 1.29 is 4.79 Å². The van der Waals surface area contributed by atoms with Crippen LogP contribution in [0.15, 0.2) is 59.7 Å². The van der Waals surface area contributed by atoms with Crippen LogP contribution in [0.2, 0.25) is 0 Å². The van der Waals surface area contributed by atoms with Crippen molar-refractivity contribution in [1.82, 2.24) is 4.98 Å². The molecule has 0 aliphatic carbocycles. The monoisotopic (exact) mass is 335 g/mol. The van der Waals surface area contributed by atoms with Gasteiger partial charge in [0.2, 0.25) is 5.13 Å². The zero-order valence-corrected chi connectivity index (χ0v) is 14.3. The van der Waals surface area contributed by atoms with E-state index in [-0.39, 0.29) is 5.78 Å². The summed E-state index contributed by atoms with van der Waals surface area (Å²) >= 11 is 1.55. The molecule has 0 unspecified atom stereocenters. The molecule has 0 spiro atoms. The Morgan fingerprint density at radius 1 is 1.12 bits per heavy atom. The first-order chi connectivity index (χ1) is 11.6. The van der Waals surface area contributed by atoms with Crippen molar-refractivity contribution in [2.75, 3.05) is 5.43 Å². The number of aryl methyl sites for hydroxylation is 1. The molecule has 120 valence electrons. The standard InChI is InChI=1S/C19H17N3OS/c1-13(23)17-11-7-6-10-16(17)12-20-22-19-21-18(14(2)24-19)15-8-4-3-5-9-15/h3-12H,1-2H3,(H,21,22)/b20-12+. The zero-order chi connectivity index (χ0) is 16.9. The lowest BCUT2D eigenvalue weighted by Gasteiger charge is -2.00. The Balaban J connectivity index is 1.78. The minimum atomic E-state index is 0.0218. The van der Waals surface area contributed by atoms with Crippen LogP contribution in [-0.2, 0) is 0 Å². The van der Waals surface area contributed by atoms with Gasteiger partial charge in [0.25, 0.3) is 0 Å². The first-order valence-electron chi connectivity index (χ1n) is 7.57. The molecule has 0 saturated carbocycles. The second-order valence-corrected chi connectivity index (χ2v) is 6.51. The third kappa shape index (κ3) is 3.58. The van der Waals surface area contributed by atoms with Crippen molar-refractivity contribution in [3.63, 3.8) is 0 Å². The molecular formula is C19H17N3OS. The molecule has 0 atom stereocenters. The minimum absolute atomic E-state index is 0.0218. The van der Waals surface area contributed by atoms with Crippen LogP contribution < -0.4 is 5.43 Å². The summed E-state index contributed by atoms with van der Waals surface area (Å²) in [5.74, 6) is 0.0218. The van der Waals surface area contributed by atoms with E-state index in [0.717, 1.165) is 26.8 Å². The topological polar surface area (TPSA) is 54.4 Å². The van der Waals surface area contributed by atoms with E-state index in [1.807, 2.05) is 55.5 Å². The van der Waals surface area contributed by atoms with Crippen LogP contribution in [0.5, 0.6) is 0 Å². The van der Waals surface area contributed by atoms with Gasteiger partial charge in [0, 0.05) is 21.6 Å². The molecule has 3 rings (SSSR count). The Labute approximate surface area is 144 Å². The molecule has 0 saturated heterocycles. The molecule has 0 radical (unpaired) electrons. The maximum atomic E-state index is 11.6. The summed E-state index contributed by atoms with van der Waals surface area (Å²) in [4.78, 5) is 17.3. The fraction of sp³-hybridized carbons (Fsp3) is 0.105. The second kappa shape index (κ2) is 7.19. The zero-order valence-electron chi connectivity index (χ0n) is 13.5. The fourth-order valence-corrected chi connectivity index (χ4v) is 3.18. The maximum Gasteiger partial charge on any atom is 0.204 e. The minimum Gasteiger partial charge on any atom is -0.294 e. The number of Topliss-reactive ketones (excluding diaryl/α,β-unsaturated/α-hetero) is 1. The summed E-state index contributed by atoms with van der Waals surface area (Å²) in [7, 11) is 0. The Morgan fingerprint density at radius 3 is 2.58 bits per heavy atom. The van der Waals surface area contributed by atoms with E-state index >= 15 is 0 Å². The lowest BCUT2D eigenvalue weighted by molar-refractivity contribution is 0.101. The molecule has 24 heavy (non-hydrogen) atoms. The molecule has 0 bridgehead atoms. The van der Waals surface area contributed by atoms with Gasteiger partial charge in [-0.25, -0.2) is 4.98 Å². The predicted molar refractivity (Wildman–Crippen MR) is 100.0 cm³/mol. The van der Waals surface area contributed by atoms with E-state index in [1.54, 1.807) is 30.5 Å². The number of carbonyl (C=O) groups is 1. The van der Waals surface area contributed by atoms with Gasteiger partial charge in [-0.2, -0.15) is 5.10 Å². The number of thiazole rings is 1. The van der Waals surface area contributed by atoms with Crippen molar-refractivity contribution in [3.8, 4) is 11.3 Å². The number of aromatic nitrogens is 1. The Morgan fingerprint density at radius 2 is 1.83 bits per heavy atom. The SMILES string of the molecule is CC(=O)c1ccccc1/C=N/Nc1nc(-c2ccccc2)c(C)s1. The highest BCUT2D eigenvalue weighted by atomic mass is 32.1. The Bertz CT molecular complexity index is 885. The Kier molecular flexibility index (Phi) is 4.82. The summed E-state index contributed by atoms with van der Waals surface area (Å²) in [6.07, 6.45) is 1.65. The summed E-state index contributed by atoms with van der Waals surface area (Å²) in [5, 5.41) is 4.95. The quantitative estimate of drug-likeness (QED) is 0.415. The van der Waals surface area contributed by atoms with E-state index in [2.05, 4.69) is 15.5 Å². The normalized spacial score (nSPS) is 10.9. The third-order valence-corrected chi connectivity index (χ3v) is 4.42. The lowest BCUT2D eigenvalue weighted by Crippen LogP contribution is -1.99. The van der Waals surface area contributed by atoms with E-state index in [0.29, 0.717) is 5.56 Å². The summed E-state index contributed by atoms with van der Waals surface area (Å²) < 4.78 is 0. The number of hydrogen-bond acceptors (Lipinski definition) is 5. The number of ketones is 1. The van der Waals surface area contributed by atoms with Gasteiger partial charge >= 0.3 is 0 Å². The number of anilines is 1. The number of nitrogens with one attached hydrogen (secondary N) is 1. The smallest absolute Gasteiger partial charge is 0.204 e. The molecule has 3 aromatic rings. The van der Waals surface area contributed by atoms with Gasteiger partial charge in [0.05, 0.1) is 11.9 Å². The number of carbonyl (C=O) groups excluding carboxylic acids is 1. The van der Waals surface area contributed by atoms with Crippen molar-refractivity contribution in [2.45, 2.75) is 13.8 Å². The number of hydrazone groups is 1. The van der Waals surface area contributed by atoms with Gasteiger partial charge in [-0.3, -0.25) is 10.2 Å². The van der Waals surface area contributed by atoms with Crippen LogP contribution in [0.1, 0.15) is 27.7 Å². The predicted octanol–water partition coefficient (Wildman–Crippen LogP) is 4.77. The molecule has 1 N–H and O–H groups in total. The highest BCUT2D eigenvalue weighted by Crippen LogP contribution is 2.30. The molecule has 0 fully saturated rings. The van der Waals surface area contributed by atoms with Gasteiger partial charge in [-0.05, 0) is 13.8 Å². The molecule has 1 aromatic heterocycles. The maximum absolute atomic E-state index is 11.6. The first-order valence-corrected chi connectivity index (χ1v) is 8.38. The third-order valence-electron chi connectivity index (χ3n) is 3.55. The summed E-state index contributed by atoms with van der Waals surface area (Å²) in [5.41, 5.74) is 6.45. The van der Waals surface area contributed by atoms with E-state index in [1.165, 1.54) is 0 Å². The second-order valence-electron chi connectivity index (χ2n) is 5.30. The molecule has 4 nitrogen and oxygen atoms in total. The molecule has 5 heteroatoms. The molecule has 1 heterocycles. The van der Waals surface area contributed by atoms with Crippen LogP contribution in [0.25, 0.3) is 11.3 Å². The van der Waals surface area contributed by atoms with Crippen LogP contribution in [-0.4, -0.2) is 17.0 Å². The molecule has 0 aliphatic heterocycles. The highest BCUT2D eigenvalue weighted by molar-refractivity contribution is 7.15. The molecule has 2 aromatic carbocycles. The van der Waals surface area contributed by atoms with Crippen molar-refractivity contribution in [3.05, 3.63) is 70.6 Å². The van der Waals surface area contributed by atoms with Gasteiger partial charge in [0.1, 0.15) is 0 Å². The van der Waals surface area contributed by atoms with Crippen molar-refractivity contribution in [2.24, 2.45) is 5.10 Å². The average Bonchev–Trinajstić information content (AvgIpc) is 2.97. The Hall–Kier alpha value is -2.79. The summed E-state index contributed by atoms with van der Waals surface area (Å²) in [6, 6.07) is 17.5. The van der Waals surface area contributed by atoms with Crippen LogP contribution >= 0.6 is 11.3 Å². The number of benzene rings is 2. The van der Waals surface area contributed by atoms with Gasteiger partial charge in [-0.15, -0.1) is 11.3 Å². The van der Waals surface area contributed by atoms with Crippen molar-refractivity contribution in [1.29, 1.82) is 0 Å².